The van der Waals surface area contributed by atoms with E-state index in [4.69, 9.17) is 17.3 Å². The second-order valence-corrected chi connectivity index (χ2v) is 3.85. The molecule has 0 unspecified atom stereocenters. The lowest BCUT2D eigenvalue weighted by molar-refractivity contribution is 0.102. The Bertz CT molecular complexity index is 555. The van der Waals surface area contributed by atoms with E-state index in [-0.39, 0.29) is 11.5 Å². The molecule has 2 aromatic rings. The van der Waals surface area contributed by atoms with Crippen LogP contribution in [0.2, 0.25) is 5.02 Å². The number of amides is 1. The number of hydrogen-bond acceptors (Lipinski definition) is 5. The fourth-order valence-corrected chi connectivity index (χ4v) is 1.46. The zero-order valence-corrected chi connectivity index (χ0v) is 10.1. The molecule has 0 aromatic carbocycles. The molecule has 2 rings (SSSR count). The normalized spacial score (nSPS) is 10.3. The Hall–Kier alpha value is -1.99. The molecular formula is C10H11ClN6O. The Morgan fingerprint density at radius 3 is 3.11 bits per heavy atom. The van der Waals surface area contributed by atoms with Crippen molar-refractivity contribution in [1.82, 2.24) is 20.0 Å². The van der Waals surface area contributed by atoms with Crippen LogP contribution in [0.25, 0.3) is 0 Å². The highest BCUT2D eigenvalue weighted by atomic mass is 35.5. The van der Waals surface area contributed by atoms with Gasteiger partial charge in [-0.2, -0.15) is 0 Å². The monoisotopic (exact) mass is 266 g/mol. The van der Waals surface area contributed by atoms with Gasteiger partial charge in [0.2, 0.25) is 0 Å². The Balaban J connectivity index is 2.10. The van der Waals surface area contributed by atoms with Crippen molar-refractivity contribution >= 4 is 23.3 Å². The van der Waals surface area contributed by atoms with E-state index >= 15 is 0 Å². The maximum atomic E-state index is 11.8. The number of halogens is 1. The average Bonchev–Trinajstić information content (AvgIpc) is 2.81. The van der Waals surface area contributed by atoms with E-state index in [1.807, 2.05) is 0 Å². The summed E-state index contributed by atoms with van der Waals surface area (Å²) < 4.78 is 1.49. The van der Waals surface area contributed by atoms with Crippen LogP contribution in [0.15, 0.2) is 24.5 Å². The zero-order valence-electron chi connectivity index (χ0n) is 9.38. The number of hydrogen-bond donors (Lipinski definition) is 2. The summed E-state index contributed by atoms with van der Waals surface area (Å²) in [7, 11) is 0. The first kappa shape index (κ1) is 12.5. The van der Waals surface area contributed by atoms with E-state index in [0.717, 1.165) is 0 Å². The highest BCUT2D eigenvalue weighted by molar-refractivity contribution is 6.33. The number of rotatable bonds is 4. The first-order valence-corrected chi connectivity index (χ1v) is 5.60. The molecular weight excluding hydrogens is 256 g/mol. The van der Waals surface area contributed by atoms with E-state index in [9.17, 15) is 4.79 Å². The SMILES string of the molecule is NCCn1cc(C(=O)Nc2ncccc2Cl)nn1. The zero-order chi connectivity index (χ0) is 13.0. The Morgan fingerprint density at radius 2 is 2.39 bits per heavy atom. The van der Waals surface area contributed by atoms with Crippen molar-refractivity contribution in [3.8, 4) is 0 Å². The largest absolute Gasteiger partial charge is 0.329 e. The van der Waals surface area contributed by atoms with Crippen molar-refractivity contribution < 1.29 is 4.79 Å². The molecule has 0 saturated heterocycles. The number of nitrogens with zero attached hydrogens (tertiary/aromatic N) is 4. The minimum Gasteiger partial charge on any atom is -0.329 e. The van der Waals surface area contributed by atoms with Crippen LogP contribution < -0.4 is 11.1 Å². The molecule has 1 amide bonds. The van der Waals surface area contributed by atoms with E-state index in [2.05, 4.69) is 20.6 Å². The van der Waals surface area contributed by atoms with Crippen molar-refractivity contribution in [3.05, 3.63) is 35.2 Å². The van der Waals surface area contributed by atoms with Crippen LogP contribution in [0.3, 0.4) is 0 Å². The van der Waals surface area contributed by atoms with E-state index in [1.54, 1.807) is 12.1 Å². The lowest BCUT2D eigenvalue weighted by Gasteiger charge is -2.02. The van der Waals surface area contributed by atoms with Crippen LogP contribution in [0.1, 0.15) is 10.5 Å². The summed E-state index contributed by atoms with van der Waals surface area (Å²) in [6.45, 7) is 0.932. The summed E-state index contributed by atoms with van der Waals surface area (Å²) in [4.78, 5) is 15.8. The molecule has 2 heterocycles. The average molecular weight is 267 g/mol. The van der Waals surface area contributed by atoms with Crippen LogP contribution in [0.5, 0.6) is 0 Å². The number of anilines is 1. The molecule has 0 aliphatic rings. The van der Waals surface area contributed by atoms with Crippen LogP contribution in [0, 0.1) is 0 Å². The summed E-state index contributed by atoms with van der Waals surface area (Å²) in [5, 5.41) is 10.4. The third-order valence-corrected chi connectivity index (χ3v) is 2.42. The summed E-state index contributed by atoms with van der Waals surface area (Å²) >= 11 is 5.88. The summed E-state index contributed by atoms with van der Waals surface area (Å²) in [5.74, 6) is -0.128. The second kappa shape index (κ2) is 5.56. The molecule has 0 atom stereocenters. The van der Waals surface area contributed by atoms with Crippen molar-refractivity contribution in [3.63, 3.8) is 0 Å². The minimum atomic E-state index is -0.418. The van der Waals surface area contributed by atoms with Crippen molar-refractivity contribution in [2.45, 2.75) is 6.54 Å². The molecule has 94 valence electrons. The number of nitrogens with two attached hydrogens (primary N) is 1. The van der Waals surface area contributed by atoms with Crippen LogP contribution in [-0.2, 0) is 6.54 Å². The number of carbonyl (C=O) groups excluding carboxylic acids is 1. The van der Waals surface area contributed by atoms with Gasteiger partial charge in [0.25, 0.3) is 5.91 Å². The second-order valence-electron chi connectivity index (χ2n) is 3.44. The number of nitrogens with one attached hydrogen (secondary N) is 1. The highest BCUT2D eigenvalue weighted by Gasteiger charge is 2.12. The summed E-state index contributed by atoms with van der Waals surface area (Å²) in [5.41, 5.74) is 5.56. The molecule has 0 saturated carbocycles. The number of aromatic nitrogens is 4. The molecule has 18 heavy (non-hydrogen) atoms. The first-order valence-electron chi connectivity index (χ1n) is 5.23. The van der Waals surface area contributed by atoms with Crippen LogP contribution in [0.4, 0.5) is 5.82 Å². The molecule has 0 bridgehead atoms. The highest BCUT2D eigenvalue weighted by Crippen LogP contribution is 2.17. The fourth-order valence-electron chi connectivity index (χ4n) is 1.29. The molecule has 0 spiro atoms. The Morgan fingerprint density at radius 1 is 1.56 bits per heavy atom. The third kappa shape index (κ3) is 2.82. The molecule has 0 aliphatic carbocycles. The standard InChI is InChI=1S/C10H11ClN6O/c11-7-2-1-4-13-9(7)14-10(18)8-6-17(5-3-12)16-15-8/h1-2,4,6H,3,5,12H2,(H,13,14,18). The smallest absolute Gasteiger partial charge is 0.279 e. The molecule has 3 N–H and O–H groups in total. The molecule has 8 heteroatoms. The number of carbonyl (C=O) groups is 1. The van der Waals surface area contributed by atoms with Crippen molar-refractivity contribution in [2.24, 2.45) is 5.73 Å². The van der Waals surface area contributed by atoms with Crippen molar-refractivity contribution in [1.29, 1.82) is 0 Å². The fraction of sp³-hybridized carbons (Fsp3) is 0.200. The molecule has 0 radical (unpaired) electrons. The topological polar surface area (TPSA) is 98.7 Å². The van der Waals surface area contributed by atoms with E-state index < -0.39 is 5.91 Å². The predicted octanol–water partition coefficient (Wildman–Crippen LogP) is 0.537. The van der Waals surface area contributed by atoms with E-state index in [0.29, 0.717) is 18.1 Å². The lowest BCUT2D eigenvalue weighted by atomic mass is 10.4. The van der Waals surface area contributed by atoms with Gasteiger partial charge in [0.1, 0.15) is 0 Å². The third-order valence-electron chi connectivity index (χ3n) is 2.12. The maximum Gasteiger partial charge on any atom is 0.279 e. The Labute approximate surface area is 108 Å². The quantitative estimate of drug-likeness (QED) is 0.841. The minimum absolute atomic E-state index is 0.185. The van der Waals surface area contributed by atoms with Gasteiger partial charge in [-0.15, -0.1) is 5.10 Å². The van der Waals surface area contributed by atoms with Gasteiger partial charge in [0, 0.05) is 12.7 Å². The summed E-state index contributed by atoms with van der Waals surface area (Å²) in [6, 6.07) is 3.31. The predicted molar refractivity (Wildman–Crippen MR) is 66.3 cm³/mol. The van der Waals surface area contributed by atoms with Crippen LogP contribution >= 0.6 is 11.6 Å². The van der Waals surface area contributed by atoms with Gasteiger partial charge in [-0.05, 0) is 12.1 Å². The van der Waals surface area contributed by atoms with Crippen LogP contribution in [-0.4, -0.2) is 32.4 Å². The van der Waals surface area contributed by atoms with Gasteiger partial charge in [0.15, 0.2) is 11.5 Å². The molecule has 7 nitrogen and oxygen atoms in total. The van der Waals surface area contributed by atoms with Gasteiger partial charge in [-0.1, -0.05) is 16.8 Å². The molecule has 0 aliphatic heterocycles. The number of pyridine rings is 1. The lowest BCUT2D eigenvalue weighted by Crippen LogP contribution is -2.14. The summed E-state index contributed by atoms with van der Waals surface area (Å²) in [6.07, 6.45) is 3.05. The van der Waals surface area contributed by atoms with Crippen molar-refractivity contribution in [2.75, 3.05) is 11.9 Å². The first-order chi connectivity index (χ1) is 8.70. The van der Waals surface area contributed by atoms with Gasteiger partial charge in [0.05, 0.1) is 17.8 Å². The van der Waals surface area contributed by atoms with Gasteiger partial charge in [-0.25, -0.2) is 4.98 Å². The van der Waals surface area contributed by atoms with Gasteiger partial charge in [-0.3, -0.25) is 9.48 Å². The maximum absolute atomic E-state index is 11.8. The van der Waals surface area contributed by atoms with Gasteiger partial charge >= 0.3 is 0 Å². The van der Waals surface area contributed by atoms with Gasteiger partial charge < -0.3 is 11.1 Å². The van der Waals surface area contributed by atoms with E-state index in [1.165, 1.54) is 17.1 Å². The Kier molecular flexibility index (Phi) is 3.85. The molecule has 2 aromatic heterocycles. The molecule has 0 fully saturated rings.